The van der Waals surface area contributed by atoms with E-state index in [2.05, 4.69) is 14.3 Å². The summed E-state index contributed by atoms with van der Waals surface area (Å²) in [5, 5.41) is 9.02. The van der Waals surface area contributed by atoms with Crippen LogP contribution in [0.5, 0.6) is 0 Å². The van der Waals surface area contributed by atoms with Gasteiger partial charge in [0.15, 0.2) is 4.34 Å². The molecule has 2 aromatic rings. The largest absolute Gasteiger partial charge is 0.478 e. The van der Waals surface area contributed by atoms with Crippen LogP contribution in [-0.2, 0) is 6.42 Å². The third-order valence-corrected chi connectivity index (χ3v) is 3.81. The van der Waals surface area contributed by atoms with Crippen LogP contribution in [0.1, 0.15) is 23.1 Å². The summed E-state index contributed by atoms with van der Waals surface area (Å²) in [5.74, 6) is -0.187. The third kappa shape index (κ3) is 2.80. The summed E-state index contributed by atoms with van der Waals surface area (Å²) in [6, 6.07) is 1.48. The maximum absolute atomic E-state index is 11.0. The van der Waals surface area contributed by atoms with Gasteiger partial charge in [-0.3, -0.25) is 4.98 Å². The normalized spacial score (nSPS) is 10.4. The molecule has 88 valence electrons. The molecule has 0 amide bonds. The van der Waals surface area contributed by atoms with E-state index < -0.39 is 5.97 Å². The van der Waals surface area contributed by atoms with E-state index >= 15 is 0 Å². The highest BCUT2D eigenvalue weighted by molar-refractivity contribution is 8.01. The molecular formula is C10H9N3O2S2. The molecule has 0 atom stereocenters. The van der Waals surface area contributed by atoms with E-state index in [4.69, 9.17) is 5.11 Å². The van der Waals surface area contributed by atoms with Crippen LogP contribution in [0.15, 0.2) is 27.7 Å². The summed E-state index contributed by atoms with van der Waals surface area (Å²) in [4.78, 5) is 19.8. The van der Waals surface area contributed by atoms with Gasteiger partial charge in [0.05, 0.1) is 5.56 Å². The minimum Gasteiger partial charge on any atom is -0.478 e. The topological polar surface area (TPSA) is 76.0 Å². The number of rotatable bonds is 4. The molecule has 7 heteroatoms. The van der Waals surface area contributed by atoms with Crippen LogP contribution in [0.2, 0.25) is 0 Å². The Morgan fingerprint density at radius 1 is 1.59 bits per heavy atom. The predicted octanol–water partition coefficient (Wildman–Crippen LogP) is 2.34. The minimum atomic E-state index is -0.963. The summed E-state index contributed by atoms with van der Waals surface area (Å²) in [6.07, 6.45) is 3.77. The first-order valence-corrected chi connectivity index (χ1v) is 6.47. The molecule has 17 heavy (non-hydrogen) atoms. The van der Waals surface area contributed by atoms with Gasteiger partial charge in [0.25, 0.3) is 0 Å². The van der Waals surface area contributed by atoms with E-state index in [1.165, 1.54) is 41.8 Å². The van der Waals surface area contributed by atoms with Gasteiger partial charge in [-0.2, -0.15) is 4.37 Å². The van der Waals surface area contributed by atoms with E-state index in [1.807, 2.05) is 6.92 Å². The maximum atomic E-state index is 11.0. The molecule has 0 aliphatic rings. The standard InChI is InChI=1S/C10H9N3O2S2/c1-2-8-12-10(17-13-8)16-7-5-11-4-3-6(7)9(14)15/h3-5H,2H2,1H3,(H,14,15). The van der Waals surface area contributed by atoms with Crippen molar-refractivity contribution in [3.05, 3.63) is 29.8 Å². The fraction of sp³-hybridized carbons (Fsp3) is 0.200. The van der Waals surface area contributed by atoms with Gasteiger partial charge >= 0.3 is 5.97 Å². The molecule has 0 fully saturated rings. The number of carboxylic acid groups (broad SMARTS) is 1. The van der Waals surface area contributed by atoms with Crippen molar-refractivity contribution in [2.75, 3.05) is 0 Å². The Labute approximate surface area is 106 Å². The Kier molecular flexibility index (Phi) is 3.70. The van der Waals surface area contributed by atoms with Crippen molar-refractivity contribution in [2.24, 2.45) is 0 Å². The first-order chi connectivity index (χ1) is 8.20. The number of hydrogen-bond donors (Lipinski definition) is 1. The highest BCUT2D eigenvalue weighted by atomic mass is 32.2. The minimum absolute atomic E-state index is 0.234. The van der Waals surface area contributed by atoms with Gasteiger partial charge in [-0.25, -0.2) is 9.78 Å². The highest BCUT2D eigenvalue weighted by Gasteiger charge is 2.13. The van der Waals surface area contributed by atoms with E-state index in [-0.39, 0.29) is 5.56 Å². The van der Waals surface area contributed by atoms with Crippen LogP contribution >= 0.6 is 23.3 Å². The molecule has 2 aromatic heterocycles. The quantitative estimate of drug-likeness (QED) is 0.916. The van der Waals surface area contributed by atoms with Crippen LogP contribution in [0.25, 0.3) is 0 Å². The lowest BCUT2D eigenvalue weighted by Crippen LogP contribution is -1.98. The zero-order chi connectivity index (χ0) is 12.3. The Morgan fingerprint density at radius 3 is 3.06 bits per heavy atom. The second-order valence-corrected chi connectivity index (χ2v) is 5.15. The smallest absolute Gasteiger partial charge is 0.336 e. The molecule has 0 aliphatic heterocycles. The van der Waals surface area contributed by atoms with Crippen LogP contribution in [0, 0.1) is 0 Å². The monoisotopic (exact) mass is 267 g/mol. The lowest BCUT2D eigenvalue weighted by atomic mass is 10.3. The molecule has 0 saturated carbocycles. The van der Waals surface area contributed by atoms with Gasteiger partial charge in [-0.1, -0.05) is 18.7 Å². The van der Waals surface area contributed by atoms with Crippen molar-refractivity contribution in [2.45, 2.75) is 22.6 Å². The first kappa shape index (κ1) is 12.0. The molecule has 0 radical (unpaired) electrons. The molecular weight excluding hydrogens is 258 g/mol. The summed E-state index contributed by atoms with van der Waals surface area (Å²) >= 11 is 2.55. The van der Waals surface area contributed by atoms with Crippen LogP contribution < -0.4 is 0 Å². The molecule has 0 saturated heterocycles. The summed E-state index contributed by atoms with van der Waals surface area (Å²) < 4.78 is 4.88. The van der Waals surface area contributed by atoms with Crippen LogP contribution in [-0.4, -0.2) is 25.4 Å². The van der Waals surface area contributed by atoms with Gasteiger partial charge in [-0.15, -0.1) is 0 Å². The SMILES string of the molecule is CCc1nsc(Sc2cnccc2C(=O)O)n1. The van der Waals surface area contributed by atoms with Crippen molar-refractivity contribution in [3.63, 3.8) is 0 Å². The first-order valence-electron chi connectivity index (χ1n) is 4.88. The number of nitrogens with zero attached hydrogens (tertiary/aromatic N) is 3. The lowest BCUT2D eigenvalue weighted by Gasteiger charge is -2.01. The van der Waals surface area contributed by atoms with Gasteiger partial charge in [0.2, 0.25) is 0 Å². The Bertz CT molecular complexity index is 542. The molecule has 2 rings (SSSR count). The number of carboxylic acids is 1. The molecule has 0 aromatic carbocycles. The predicted molar refractivity (Wildman–Crippen MR) is 64.6 cm³/mol. The number of hydrogen-bond acceptors (Lipinski definition) is 6. The van der Waals surface area contributed by atoms with Gasteiger partial charge < -0.3 is 5.11 Å². The fourth-order valence-corrected chi connectivity index (χ4v) is 2.90. The number of aryl methyl sites for hydroxylation is 1. The molecule has 0 bridgehead atoms. The van der Waals surface area contributed by atoms with Crippen LogP contribution in [0.4, 0.5) is 0 Å². The van der Waals surface area contributed by atoms with E-state index in [0.717, 1.165) is 16.6 Å². The summed E-state index contributed by atoms with van der Waals surface area (Å²) in [7, 11) is 0. The average molecular weight is 267 g/mol. The summed E-state index contributed by atoms with van der Waals surface area (Å²) in [5.41, 5.74) is 0.234. The lowest BCUT2D eigenvalue weighted by molar-refractivity contribution is 0.0693. The Balaban J connectivity index is 2.26. The zero-order valence-corrected chi connectivity index (χ0v) is 10.6. The molecule has 5 nitrogen and oxygen atoms in total. The van der Waals surface area contributed by atoms with Gasteiger partial charge in [0, 0.05) is 23.7 Å². The number of aromatic carboxylic acids is 1. The molecule has 0 unspecified atom stereocenters. The molecule has 2 heterocycles. The second-order valence-electron chi connectivity index (χ2n) is 3.11. The van der Waals surface area contributed by atoms with Crippen molar-refractivity contribution in [3.8, 4) is 0 Å². The zero-order valence-electron chi connectivity index (χ0n) is 8.95. The van der Waals surface area contributed by atoms with E-state index in [0.29, 0.717) is 4.90 Å². The van der Waals surface area contributed by atoms with Crippen molar-refractivity contribution in [1.29, 1.82) is 0 Å². The third-order valence-electron chi connectivity index (χ3n) is 1.98. The van der Waals surface area contributed by atoms with Crippen LogP contribution in [0.3, 0.4) is 0 Å². The van der Waals surface area contributed by atoms with Gasteiger partial charge in [0.1, 0.15) is 5.82 Å². The second kappa shape index (κ2) is 5.24. The molecule has 0 spiro atoms. The van der Waals surface area contributed by atoms with Crippen molar-refractivity contribution in [1.82, 2.24) is 14.3 Å². The number of pyridine rings is 1. The maximum Gasteiger partial charge on any atom is 0.336 e. The average Bonchev–Trinajstić information content (AvgIpc) is 2.77. The van der Waals surface area contributed by atoms with E-state index in [9.17, 15) is 4.79 Å². The Hall–Kier alpha value is -1.47. The van der Waals surface area contributed by atoms with E-state index in [1.54, 1.807) is 0 Å². The molecule has 0 aliphatic carbocycles. The van der Waals surface area contributed by atoms with Gasteiger partial charge in [-0.05, 0) is 17.6 Å². The number of aromatic nitrogens is 3. The molecule has 1 N–H and O–H groups in total. The van der Waals surface area contributed by atoms with Crippen molar-refractivity contribution < 1.29 is 9.90 Å². The highest BCUT2D eigenvalue weighted by Crippen LogP contribution is 2.30. The summed E-state index contributed by atoms with van der Waals surface area (Å²) in [6.45, 7) is 1.98. The fourth-order valence-electron chi connectivity index (χ4n) is 1.16. The Morgan fingerprint density at radius 2 is 2.41 bits per heavy atom. The van der Waals surface area contributed by atoms with Crippen molar-refractivity contribution >= 4 is 29.3 Å². The number of carbonyl (C=O) groups is 1.